The zero-order chi connectivity index (χ0) is 18.0. The van der Waals surface area contributed by atoms with Crippen molar-refractivity contribution >= 4 is 87.4 Å². The van der Waals surface area contributed by atoms with Gasteiger partial charge in [0, 0.05) is 0 Å². The molecule has 2 rings (SSSR count). The van der Waals surface area contributed by atoms with Crippen LogP contribution in [0.5, 0.6) is 5.75 Å². The van der Waals surface area contributed by atoms with Gasteiger partial charge in [0.15, 0.2) is 17.8 Å². The molecule has 0 aromatic heterocycles. The number of nitrogens with zero attached hydrogens (tertiary/aromatic N) is 2. The van der Waals surface area contributed by atoms with E-state index in [9.17, 15) is 0 Å². The first-order valence-corrected chi connectivity index (χ1v) is 8.75. The Morgan fingerprint density at radius 3 is 1.88 bits per heavy atom. The number of nitrogens with one attached hydrogen (secondary N) is 1. The fraction of sp³-hybridized carbons (Fsp3) is 0.286. The number of hydrogen-bond acceptors (Lipinski definition) is 4. The number of methoxy groups -OCH3 is 1. The quantitative estimate of drug-likeness (QED) is 0.646. The van der Waals surface area contributed by atoms with Gasteiger partial charge in [-0.2, -0.15) is 0 Å². The van der Waals surface area contributed by atoms with E-state index in [2.05, 4.69) is 15.3 Å². The van der Waals surface area contributed by atoms with Gasteiger partial charge in [0.25, 0.3) is 0 Å². The van der Waals surface area contributed by atoms with Crippen molar-refractivity contribution in [2.24, 2.45) is 9.98 Å². The summed E-state index contributed by atoms with van der Waals surface area (Å²) in [5, 5.41) is 2.63. The Balaban J connectivity index is 2.27. The molecular formula is C14H11Cl6N3O. The number of amidine groups is 2. The van der Waals surface area contributed by atoms with Gasteiger partial charge in [0.1, 0.15) is 5.75 Å². The minimum absolute atomic E-state index is 0.0215. The summed E-state index contributed by atoms with van der Waals surface area (Å²) in [6, 6.07) is 7.40. The zero-order valence-corrected chi connectivity index (χ0v) is 16.6. The van der Waals surface area contributed by atoms with Crippen LogP contribution in [-0.2, 0) is 0 Å². The lowest BCUT2D eigenvalue weighted by Gasteiger charge is -2.26. The summed E-state index contributed by atoms with van der Waals surface area (Å²) in [7, 11) is 1.60. The SMILES string of the molecule is COc1ccc(/C=C/C2N=C(C(Cl)(Cl)Cl)NC(C(Cl)(Cl)Cl)=N2)cc1. The molecule has 1 aliphatic heterocycles. The van der Waals surface area contributed by atoms with Gasteiger partial charge in [-0.3, -0.25) is 0 Å². The first-order valence-electron chi connectivity index (χ1n) is 6.49. The lowest BCUT2D eigenvalue weighted by molar-refractivity contribution is 0.415. The summed E-state index contributed by atoms with van der Waals surface area (Å²) >= 11 is 35.2. The number of rotatable bonds is 3. The van der Waals surface area contributed by atoms with E-state index < -0.39 is 13.8 Å². The van der Waals surface area contributed by atoms with Crippen LogP contribution in [-0.4, -0.2) is 32.5 Å². The molecule has 1 aromatic carbocycles. The van der Waals surface area contributed by atoms with E-state index in [0.717, 1.165) is 11.3 Å². The molecule has 1 aromatic rings. The fourth-order valence-electron chi connectivity index (χ4n) is 1.76. The van der Waals surface area contributed by atoms with Gasteiger partial charge >= 0.3 is 0 Å². The summed E-state index contributed by atoms with van der Waals surface area (Å²) in [6.07, 6.45) is 2.79. The van der Waals surface area contributed by atoms with Crippen LogP contribution in [0.1, 0.15) is 5.56 Å². The number of aliphatic imine (C=N–C) groups is 2. The van der Waals surface area contributed by atoms with Crippen LogP contribution in [0.15, 0.2) is 40.3 Å². The predicted molar refractivity (Wildman–Crippen MR) is 104 cm³/mol. The minimum Gasteiger partial charge on any atom is -0.497 e. The highest BCUT2D eigenvalue weighted by molar-refractivity contribution is 6.79. The molecule has 0 saturated heterocycles. The standard InChI is InChI=1S/C14H11Cl6N3O/c1-24-9-5-2-8(3-6-9)4-7-10-21-11(13(15,16)17)23-12(22-10)14(18,19)20/h2-7,10H,1H3,(H,21,22,23)/b7-4+. The Morgan fingerprint density at radius 2 is 1.46 bits per heavy atom. The number of halogens is 6. The molecule has 0 atom stereocenters. The first kappa shape index (κ1) is 20.0. The van der Waals surface area contributed by atoms with E-state index in [1.165, 1.54) is 0 Å². The van der Waals surface area contributed by atoms with E-state index >= 15 is 0 Å². The lowest BCUT2D eigenvalue weighted by atomic mass is 10.2. The van der Waals surface area contributed by atoms with Crippen LogP contribution in [0, 0.1) is 0 Å². The maximum absolute atomic E-state index is 5.86. The molecule has 0 amide bonds. The molecule has 4 nitrogen and oxygen atoms in total. The second-order valence-corrected chi connectivity index (χ2v) is 9.18. The van der Waals surface area contributed by atoms with Gasteiger partial charge in [-0.25, -0.2) is 9.98 Å². The molecule has 0 saturated carbocycles. The van der Waals surface area contributed by atoms with E-state index in [1.807, 2.05) is 24.3 Å². The summed E-state index contributed by atoms with van der Waals surface area (Å²) in [4.78, 5) is 8.40. The van der Waals surface area contributed by atoms with E-state index in [-0.39, 0.29) is 11.7 Å². The minimum atomic E-state index is -1.80. The molecule has 24 heavy (non-hydrogen) atoms. The average Bonchev–Trinajstić information content (AvgIpc) is 2.51. The molecule has 1 aliphatic rings. The summed E-state index contributed by atoms with van der Waals surface area (Å²) in [5.41, 5.74) is 0.908. The van der Waals surface area contributed by atoms with Crippen LogP contribution in [0.25, 0.3) is 6.08 Å². The molecule has 0 radical (unpaired) electrons. The lowest BCUT2D eigenvalue weighted by Crippen LogP contribution is -2.48. The van der Waals surface area contributed by atoms with Crippen LogP contribution in [0.2, 0.25) is 0 Å². The second kappa shape index (κ2) is 7.90. The molecule has 0 bridgehead atoms. The Hall–Kier alpha value is -0.360. The average molecular weight is 450 g/mol. The summed E-state index contributed by atoms with van der Waals surface area (Å²) < 4.78 is 1.50. The Bertz CT molecular complexity index is 643. The van der Waals surface area contributed by atoms with Crippen molar-refractivity contribution < 1.29 is 4.74 Å². The summed E-state index contributed by atoms with van der Waals surface area (Å²) in [6.45, 7) is 0. The van der Waals surface area contributed by atoms with Crippen molar-refractivity contribution in [2.75, 3.05) is 7.11 Å². The number of alkyl halides is 6. The smallest absolute Gasteiger partial charge is 0.247 e. The van der Waals surface area contributed by atoms with Crippen LogP contribution < -0.4 is 10.1 Å². The highest BCUT2D eigenvalue weighted by atomic mass is 35.6. The third-order valence-electron chi connectivity index (χ3n) is 2.87. The molecule has 0 unspecified atom stereocenters. The predicted octanol–water partition coefficient (Wildman–Crippen LogP) is 5.18. The monoisotopic (exact) mass is 447 g/mol. The Morgan fingerprint density at radius 1 is 0.958 bits per heavy atom. The van der Waals surface area contributed by atoms with Crippen LogP contribution in [0.4, 0.5) is 0 Å². The fourth-order valence-corrected chi connectivity index (χ4v) is 2.33. The van der Waals surface area contributed by atoms with Crippen molar-refractivity contribution in [3.63, 3.8) is 0 Å². The van der Waals surface area contributed by atoms with Gasteiger partial charge < -0.3 is 10.1 Å². The normalized spacial score (nSPS) is 16.6. The topological polar surface area (TPSA) is 46.0 Å². The second-order valence-electron chi connectivity index (χ2n) is 4.62. The highest BCUT2D eigenvalue weighted by Gasteiger charge is 2.38. The van der Waals surface area contributed by atoms with Gasteiger partial charge in [0.2, 0.25) is 7.59 Å². The molecule has 130 valence electrons. The van der Waals surface area contributed by atoms with Crippen molar-refractivity contribution in [1.29, 1.82) is 0 Å². The molecular weight excluding hydrogens is 439 g/mol. The third-order valence-corrected chi connectivity index (χ3v) is 3.95. The molecule has 1 N–H and O–H groups in total. The first-order chi connectivity index (χ1) is 11.1. The molecule has 0 fully saturated rings. The zero-order valence-electron chi connectivity index (χ0n) is 12.1. The van der Waals surface area contributed by atoms with Crippen molar-refractivity contribution in [3.05, 3.63) is 35.9 Å². The van der Waals surface area contributed by atoms with Crippen molar-refractivity contribution in [2.45, 2.75) is 13.8 Å². The molecule has 10 heteroatoms. The van der Waals surface area contributed by atoms with E-state index in [4.69, 9.17) is 74.3 Å². The van der Waals surface area contributed by atoms with Crippen LogP contribution >= 0.6 is 69.6 Å². The van der Waals surface area contributed by atoms with Crippen molar-refractivity contribution in [1.82, 2.24) is 5.32 Å². The highest BCUT2D eigenvalue weighted by Crippen LogP contribution is 2.33. The van der Waals surface area contributed by atoms with Crippen molar-refractivity contribution in [3.8, 4) is 5.75 Å². The molecule has 0 spiro atoms. The molecule has 0 aliphatic carbocycles. The van der Waals surface area contributed by atoms with Gasteiger partial charge in [-0.1, -0.05) is 87.8 Å². The number of benzene rings is 1. The number of hydrogen-bond donors (Lipinski definition) is 1. The largest absolute Gasteiger partial charge is 0.497 e. The maximum atomic E-state index is 5.86. The van der Waals surface area contributed by atoms with E-state index in [1.54, 1.807) is 19.3 Å². The Kier molecular flexibility index (Phi) is 6.57. The summed E-state index contributed by atoms with van der Waals surface area (Å²) in [5.74, 6) is 0.795. The third kappa shape index (κ3) is 5.58. The number of ether oxygens (including phenoxy) is 1. The van der Waals surface area contributed by atoms with Crippen LogP contribution in [0.3, 0.4) is 0 Å². The Labute approximate surface area is 169 Å². The van der Waals surface area contributed by atoms with Gasteiger partial charge in [-0.05, 0) is 23.8 Å². The molecule has 1 heterocycles. The van der Waals surface area contributed by atoms with E-state index in [0.29, 0.717) is 0 Å². The van der Waals surface area contributed by atoms with Gasteiger partial charge in [-0.15, -0.1) is 0 Å². The maximum Gasteiger partial charge on any atom is 0.247 e. The van der Waals surface area contributed by atoms with Gasteiger partial charge in [0.05, 0.1) is 7.11 Å².